The molecule has 2 nitrogen and oxygen atoms in total. The first-order valence-electron chi connectivity index (χ1n) is 4.39. The van der Waals surface area contributed by atoms with E-state index in [1.165, 1.54) is 0 Å². The Morgan fingerprint density at radius 2 is 2.09 bits per heavy atom. The zero-order valence-corrected chi connectivity index (χ0v) is 7.72. The summed E-state index contributed by atoms with van der Waals surface area (Å²) in [5.41, 5.74) is 0. The highest BCUT2D eigenvalue weighted by molar-refractivity contribution is 4.88. The van der Waals surface area contributed by atoms with Gasteiger partial charge in [0, 0.05) is 6.04 Å². The van der Waals surface area contributed by atoms with Crippen LogP contribution in [0.25, 0.3) is 0 Å². The Hall–Kier alpha value is -0.550. The summed E-state index contributed by atoms with van der Waals surface area (Å²) in [6.45, 7) is 7.28. The molecule has 0 aliphatic heterocycles. The second-order valence-electron chi connectivity index (χ2n) is 2.89. The third-order valence-corrected chi connectivity index (χ3v) is 1.93. The molecule has 0 aromatic carbocycles. The molecule has 0 fully saturated rings. The molecule has 2 atom stereocenters. The predicted octanol–water partition coefficient (Wildman–Crippen LogP) is 1.92. The summed E-state index contributed by atoms with van der Waals surface area (Å²) in [6, 6.07) is 2.64. The molecule has 0 bridgehead atoms. The minimum absolute atomic E-state index is 0.168. The van der Waals surface area contributed by atoms with Crippen molar-refractivity contribution in [1.82, 2.24) is 5.32 Å². The molecule has 2 heteroatoms. The molecule has 1 N–H and O–H groups in total. The molecule has 11 heavy (non-hydrogen) atoms. The Morgan fingerprint density at radius 1 is 1.45 bits per heavy atom. The fraction of sp³-hybridized carbons (Fsp3) is 0.889. The highest BCUT2D eigenvalue weighted by Crippen LogP contribution is 2.06. The highest BCUT2D eigenvalue weighted by atomic mass is 14.9. The lowest BCUT2D eigenvalue weighted by atomic mass is 10.0. The van der Waals surface area contributed by atoms with Gasteiger partial charge in [-0.1, -0.05) is 13.8 Å². The van der Waals surface area contributed by atoms with Crippen LogP contribution in [0.5, 0.6) is 0 Å². The smallest absolute Gasteiger partial charge is 0.0671 e. The van der Waals surface area contributed by atoms with Crippen molar-refractivity contribution in [3.8, 4) is 6.07 Å². The minimum atomic E-state index is 0.168. The zero-order chi connectivity index (χ0) is 8.69. The lowest BCUT2D eigenvalue weighted by Gasteiger charge is -2.16. The van der Waals surface area contributed by atoms with Gasteiger partial charge in [0.15, 0.2) is 0 Å². The number of nitrogens with zero attached hydrogens (tertiary/aromatic N) is 1. The topological polar surface area (TPSA) is 35.8 Å². The van der Waals surface area contributed by atoms with Gasteiger partial charge in [0.05, 0.1) is 12.0 Å². The van der Waals surface area contributed by atoms with Gasteiger partial charge in [0.2, 0.25) is 0 Å². The van der Waals surface area contributed by atoms with Crippen LogP contribution in [0.15, 0.2) is 0 Å². The molecule has 0 saturated carbocycles. The average Bonchev–Trinajstić information content (AvgIpc) is 2.03. The van der Waals surface area contributed by atoms with Crippen molar-refractivity contribution in [1.29, 1.82) is 5.26 Å². The van der Waals surface area contributed by atoms with E-state index < -0.39 is 0 Å². The van der Waals surface area contributed by atoms with E-state index in [9.17, 15) is 0 Å². The Bertz CT molecular complexity index is 126. The molecule has 0 heterocycles. The monoisotopic (exact) mass is 154 g/mol. The first-order valence-corrected chi connectivity index (χ1v) is 4.39. The summed E-state index contributed by atoms with van der Waals surface area (Å²) < 4.78 is 0. The van der Waals surface area contributed by atoms with Crippen LogP contribution in [0.1, 0.15) is 33.6 Å². The lowest BCUT2D eigenvalue weighted by molar-refractivity contribution is 0.434. The molecule has 0 aliphatic carbocycles. The summed E-state index contributed by atoms with van der Waals surface area (Å²) in [5, 5.41) is 12.0. The third kappa shape index (κ3) is 4.00. The van der Waals surface area contributed by atoms with Gasteiger partial charge in [-0.15, -0.1) is 0 Å². The molecule has 0 aromatic heterocycles. The van der Waals surface area contributed by atoms with Gasteiger partial charge in [-0.05, 0) is 26.3 Å². The number of hydrogen-bond acceptors (Lipinski definition) is 2. The molecule has 0 radical (unpaired) electrons. The maximum atomic E-state index is 8.71. The molecular formula is C9H18N2. The van der Waals surface area contributed by atoms with Crippen molar-refractivity contribution in [2.24, 2.45) is 5.92 Å². The lowest BCUT2D eigenvalue weighted by Crippen LogP contribution is -2.33. The van der Waals surface area contributed by atoms with Crippen LogP contribution in [0.2, 0.25) is 0 Å². The van der Waals surface area contributed by atoms with Crippen molar-refractivity contribution in [3.05, 3.63) is 0 Å². The summed E-state index contributed by atoms with van der Waals surface area (Å²) in [4.78, 5) is 0. The second kappa shape index (κ2) is 6.18. The van der Waals surface area contributed by atoms with Crippen molar-refractivity contribution in [2.75, 3.05) is 6.54 Å². The van der Waals surface area contributed by atoms with E-state index in [2.05, 4.69) is 32.2 Å². The van der Waals surface area contributed by atoms with Gasteiger partial charge < -0.3 is 5.32 Å². The van der Waals surface area contributed by atoms with Gasteiger partial charge in [-0.2, -0.15) is 5.26 Å². The molecule has 0 rings (SSSR count). The van der Waals surface area contributed by atoms with Crippen LogP contribution >= 0.6 is 0 Å². The molecule has 64 valence electrons. The molecule has 0 aromatic rings. The van der Waals surface area contributed by atoms with E-state index in [0.29, 0.717) is 6.04 Å². The van der Waals surface area contributed by atoms with E-state index in [0.717, 1.165) is 19.4 Å². The van der Waals surface area contributed by atoms with Gasteiger partial charge in [-0.25, -0.2) is 0 Å². The van der Waals surface area contributed by atoms with Crippen LogP contribution in [-0.2, 0) is 0 Å². The van der Waals surface area contributed by atoms with E-state index in [4.69, 9.17) is 5.26 Å². The quantitative estimate of drug-likeness (QED) is 0.656. The van der Waals surface area contributed by atoms with Crippen molar-refractivity contribution in [2.45, 2.75) is 39.7 Å². The van der Waals surface area contributed by atoms with Gasteiger partial charge >= 0.3 is 0 Å². The Labute approximate surface area is 69.6 Å². The van der Waals surface area contributed by atoms with Crippen LogP contribution in [0, 0.1) is 17.2 Å². The number of hydrogen-bond donors (Lipinski definition) is 1. The predicted molar refractivity (Wildman–Crippen MR) is 47.1 cm³/mol. The molecule has 1 unspecified atom stereocenters. The molecule has 0 aliphatic rings. The largest absolute Gasteiger partial charge is 0.313 e. The second-order valence-corrected chi connectivity index (χ2v) is 2.89. The fourth-order valence-electron chi connectivity index (χ4n) is 1.07. The van der Waals surface area contributed by atoms with Crippen molar-refractivity contribution in [3.63, 3.8) is 0 Å². The Kier molecular flexibility index (Phi) is 5.87. The van der Waals surface area contributed by atoms with Crippen LogP contribution in [0.3, 0.4) is 0 Å². The SMILES string of the molecule is CCCNC(C)[C@@H](C#N)CC. The third-order valence-electron chi connectivity index (χ3n) is 1.93. The summed E-state index contributed by atoms with van der Waals surface area (Å²) in [6.07, 6.45) is 2.07. The minimum Gasteiger partial charge on any atom is -0.313 e. The number of nitrogens with one attached hydrogen (secondary N) is 1. The van der Waals surface area contributed by atoms with Crippen LogP contribution < -0.4 is 5.32 Å². The maximum Gasteiger partial charge on any atom is 0.0671 e. The zero-order valence-electron chi connectivity index (χ0n) is 7.72. The molecule has 0 saturated heterocycles. The standard InChI is InChI=1S/C9H18N2/c1-4-6-11-8(3)9(5-2)7-10/h8-9,11H,4-6H2,1-3H3/t8?,9-/m1/s1. The van der Waals surface area contributed by atoms with Crippen molar-refractivity contribution < 1.29 is 0 Å². The fourth-order valence-corrected chi connectivity index (χ4v) is 1.07. The highest BCUT2D eigenvalue weighted by Gasteiger charge is 2.12. The molecular weight excluding hydrogens is 136 g/mol. The van der Waals surface area contributed by atoms with E-state index in [-0.39, 0.29) is 5.92 Å². The number of nitriles is 1. The van der Waals surface area contributed by atoms with Crippen molar-refractivity contribution >= 4 is 0 Å². The molecule has 0 spiro atoms. The van der Waals surface area contributed by atoms with Gasteiger partial charge in [-0.3, -0.25) is 0 Å². The Morgan fingerprint density at radius 3 is 2.45 bits per heavy atom. The molecule has 0 amide bonds. The van der Waals surface area contributed by atoms with Gasteiger partial charge in [0.25, 0.3) is 0 Å². The number of rotatable bonds is 5. The normalized spacial score (nSPS) is 15.5. The summed E-state index contributed by atoms with van der Waals surface area (Å²) in [7, 11) is 0. The van der Waals surface area contributed by atoms with Crippen LogP contribution in [0.4, 0.5) is 0 Å². The maximum absolute atomic E-state index is 8.71. The van der Waals surface area contributed by atoms with Crippen LogP contribution in [-0.4, -0.2) is 12.6 Å². The average molecular weight is 154 g/mol. The first-order chi connectivity index (χ1) is 5.26. The summed E-state index contributed by atoms with van der Waals surface area (Å²) in [5.74, 6) is 0.168. The Balaban J connectivity index is 3.62. The summed E-state index contributed by atoms with van der Waals surface area (Å²) >= 11 is 0. The van der Waals surface area contributed by atoms with E-state index in [1.54, 1.807) is 0 Å². The van der Waals surface area contributed by atoms with E-state index in [1.807, 2.05) is 0 Å². The van der Waals surface area contributed by atoms with Gasteiger partial charge in [0.1, 0.15) is 0 Å². The van der Waals surface area contributed by atoms with E-state index >= 15 is 0 Å². The first kappa shape index (κ1) is 10.4.